The molecule has 1 aliphatic heterocycles. The number of anilines is 1. The van der Waals surface area contributed by atoms with Gasteiger partial charge in [-0.3, -0.25) is 14.6 Å². The monoisotopic (exact) mass is 479 g/mol. The minimum atomic E-state index is -0.752. The highest BCUT2D eigenvalue weighted by atomic mass is 32.2. The third-order valence-electron chi connectivity index (χ3n) is 5.46. The highest BCUT2D eigenvalue weighted by Crippen LogP contribution is 2.42. The second kappa shape index (κ2) is 10.1. The van der Waals surface area contributed by atoms with Crippen LogP contribution in [0.15, 0.2) is 65.1 Å². The summed E-state index contributed by atoms with van der Waals surface area (Å²) in [5.41, 5.74) is 2.01. The number of ether oxygens (including phenoxy) is 2. The quantitative estimate of drug-likeness (QED) is 0.301. The number of thioether (sulfide) groups is 1. The molecule has 0 bridgehead atoms. The second-order valence-electron chi connectivity index (χ2n) is 7.47. The Labute approximate surface area is 202 Å². The zero-order valence-corrected chi connectivity index (χ0v) is 20.2. The van der Waals surface area contributed by atoms with Gasteiger partial charge in [0.25, 0.3) is 6.17 Å². The van der Waals surface area contributed by atoms with E-state index in [0.717, 1.165) is 0 Å². The number of nitrogens with zero attached hydrogens (tertiary/aromatic N) is 3. The van der Waals surface area contributed by atoms with Crippen LogP contribution in [-0.2, 0) is 4.79 Å². The zero-order valence-electron chi connectivity index (χ0n) is 19.4. The van der Waals surface area contributed by atoms with Gasteiger partial charge in [-0.05, 0) is 35.9 Å². The summed E-state index contributed by atoms with van der Waals surface area (Å²) in [7, 11) is 1.56. The fourth-order valence-electron chi connectivity index (χ4n) is 4.12. The van der Waals surface area contributed by atoms with E-state index >= 15 is 0 Å². The molecule has 0 saturated carbocycles. The van der Waals surface area contributed by atoms with Gasteiger partial charge in [-0.25, -0.2) is 4.90 Å². The van der Waals surface area contributed by atoms with E-state index in [1.54, 1.807) is 22.8 Å². The summed E-state index contributed by atoms with van der Waals surface area (Å²) in [5.74, 6) is 1.51. The van der Waals surface area contributed by atoms with Crippen molar-refractivity contribution in [3.8, 4) is 22.8 Å². The van der Waals surface area contributed by atoms with E-state index in [0.29, 0.717) is 51.5 Å². The van der Waals surface area contributed by atoms with Gasteiger partial charge in [-0.2, -0.15) is 0 Å². The number of rotatable bonds is 8. The van der Waals surface area contributed by atoms with E-state index in [1.165, 1.54) is 11.8 Å². The van der Waals surface area contributed by atoms with Crippen molar-refractivity contribution in [2.24, 2.45) is 0 Å². The molecule has 0 aliphatic carbocycles. The maximum absolute atomic E-state index is 13.4. The summed E-state index contributed by atoms with van der Waals surface area (Å²) in [4.78, 5) is 31.3. The number of carbonyl (C=O) groups is 1. The Balaban J connectivity index is 2.07. The summed E-state index contributed by atoms with van der Waals surface area (Å²) in [6.07, 6.45) is 1.26. The normalized spacial score (nSPS) is 14.2. The molecule has 4 rings (SSSR count). The molecule has 1 amide bonds. The summed E-state index contributed by atoms with van der Waals surface area (Å²) < 4.78 is 13.2. The van der Waals surface area contributed by atoms with E-state index in [4.69, 9.17) is 14.6 Å². The first kappa shape index (κ1) is 23.6. The molecule has 0 spiro atoms. The number of hydrogen-bond acceptors (Lipinski definition) is 6. The molecule has 176 valence electrons. The predicted molar refractivity (Wildman–Crippen MR) is 131 cm³/mol. The van der Waals surface area contributed by atoms with Gasteiger partial charge in [-0.1, -0.05) is 43.0 Å². The van der Waals surface area contributed by atoms with Crippen molar-refractivity contribution in [2.45, 2.75) is 31.6 Å². The van der Waals surface area contributed by atoms with Crippen LogP contribution < -0.4 is 24.6 Å². The Morgan fingerprint density at radius 3 is 2.76 bits per heavy atom. The smallest absolute Gasteiger partial charge is 0.325 e. The number of hydrogen-bond donors (Lipinski definition) is 1. The third kappa shape index (κ3) is 4.07. The maximum Gasteiger partial charge on any atom is 0.325 e. The Morgan fingerprint density at radius 2 is 2.06 bits per heavy atom. The van der Waals surface area contributed by atoms with E-state index in [-0.39, 0.29) is 17.9 Å². The van der Waals surface area contributed by atoms with Crippen LogP contribution in [0.4, 0.5) is 5.69 Å². The summed E-state index contributed by atoms with van der Waals surface area (Å²) >= 11 is 1.36. The molecule has 1 aromatic heterocycles. The van der Waals surface area contributed by atoms with Crippen LogP contribution in [0.25, 0.3) is 11.3 Å². The molecule has 34 heavy (non-hydrogen) atoms. The fraction of sp³-hybridized carbons (Fsp3) is 0.280. The van der Waals surface area contributed by atoms with Crippen molar-refractivity contribution in [1.82, 2.24) is 10.1 Å². The number of H-pyrrole nitrogens is 1. The first-order valence-corrected chi connectivity index (χ1v) is 12.0. The molecule has 1 atom stereocenters. The van der Waals surface area contributed by atoms with E-state index in [2.05, 4.69) is 11.6 Å². The Kier molecular flexibility index (Phi) is 7.02. The van der Waals surface area contributed by atoms with Crippen LogP contribution in [0.3, 0.4) is 0 Å². The Bertz CT molecular complexity index is 1290. The molecular weight excluding hydrogens is 452 g/mol. The molecule has 0 saturated heterocycles. The largest absolute Gasteiger partial charge is 0.492 e. The maximum atomic E-state index is 13.4. The lowest BCUT2D eigenvalue weighted by Crippen LogP contribution is -2.61. The molecule has 1 N–H and O–H groups in total. The molecule has 3 aromatic rings. The minimum absolute atomic E-state index is 0.109. The number of aromatic nitrogens is 3. The number of benzene rings is 2. The van der Waals surface area contributed by atoms with Crippen molar-refractivity contribution < 1.29 is 19.0 Å². The van der Waals surface area contributed by atoms with Crippen molar-refractivity contribution >= 4 is 23.4 Å². The minimum Gasteiger partial charge on any atom is -0.492 e. The third-order valence-corrected chi connectivity index (χ3v) is 6.32. The fourth-order valence-corrected chi connectivity index (χ4v) is 4.71. The summed E-state index contributed by atoms with van der Waals surface area (Å²) in [6.45, 7) is 7.90. The number of nitrogens with one attached hydrogen (secondary N) is 1. The van der Waals surface area contributed by atoms with Crippen LogP contribution in [0.5, 0.6) is 11.5 Å². The highest BCUT2D eigenvalue weighted by molar-refractivity contribution is 7.99. The van der Waals surface area contributed by atoms with Crippen molar-refractivity contribution in [1.29, 1.82) is 0 Å². The first-order chi connectivity index (χ1) is 16.5. The van der Waals surface area contributed by atoms with Crippen molar-refractivity contribution in [3.63, 3.8) is 0 Å². The van der Waals surface area contributed by atoms with Gasteiger partial charge in [0.15, 0.2) is 11.5 Å². The number of fused-ring (bicyclic) bond motifs is 3. The molecule has 1 aliphatic rings. The Hall–Kier alpha value is -3.59. The summed E-state index contributed by atoms with van der Waals surface area (Å²) in [5, 5.41) is 5.20. The molecule has 9 heteroatoms. The predicted octanol–water partition coefficient (Wildman–Crippen LogP) is 3.71. The van der Waals surface area contributed by atoms with E-state index in [9.17, 15) is 9.59 Å². The SMILES string of the molecule is C=CCSc1n[n+]2c(c(=O)[nH]1)-c1ccccc1N(C(=O)CC)C2c1cccc(OCC)c1OC. The van der Waals surface area contributed by atoms with Crippen LogP contribution >= 0.6 is 11.8 Å². The highest BCUT2D eigenvalue weighted by Gasteiger charge is 2.47. The molecule has 2 aromatic carbocycles. The average Bonchev–Trinajstić information content (AvgIpc) is 2.86. The topological polar surface area (TPSA) is 88.4 Å². The Morgan fingerprint density at radius 1 is 1.26 bits per heavy atom. The molecule has 0 fully saturated rings. The number of methoxy groups -OCH3 is 1. The van der Waals surface area contributed by atoms with Crippen molar-refractivity contribution in [3.05, 3.63) is 71.0 Å². The molecule has 1 unspecified atom stereocenters. The van der Waals surface area contributed by atoms with Gasteiger partial charge in [0.05, 0.1) is 30.5 Å². The van der Waals surface area contributed by atoms with Crippen LogP contribution in [0, 0.1) is 0 Å². The van der Waals surface area contributed by atoms with E-state index < -0.39 is 6.17 Å². The van der Waals surface area contributed by atoms with Gasteiger partial charge in [0.1, 0.15) is 0 Å². The lowest BCUT2D eigenvalue weighted by Gasteiger charge is -2.32. The first-order valence-electron chi connectivity index (χ1n) is 11.1. The van der Waals surface area contributed by atoms with Crippen molar-refractivity contribution in [2.75, 3.05) is 24.4 Å². The van der Waals surface area contributed by atoms with Gasteiger partial charge < -0.3 is 9.47 Å². The zero-order chi connectivity index (χ0) is 24.2. The van der Waals surface area contributed by atoms with Crippen LogP contribution in [-0.4, -0.2) is 35.5 Å². The van der Waals surface area contributed by atoms with Gasteiger partial charge in [0.2, 0.25) is 11.1 Å². The number of aromatic amines is 1. The number of carbonyl (C=O) groups excluding carboxylic acids is 1. The standard InChI is InChI=1S/C25H26N4O4S/c1-5-15-34-25-26-23(31)21-16-11-8-9-13-18(16)28(20(30)6-2)24(29(21)27-25)17-12-10-14-19(33-7-3)22(17)32-4/h5,8-14,24H,1,6-7,15H2,2-4H3/p+1. The molecular formula is C25H27N4O4S+. The molecule has 8 nitrogen and oxygen atoms in total. The van der Waals surface area contributed by atoms with Gasteiger partial charge in [-0.15, -0.1) is 6.58 Å². The van der Waals surface area contributed by atoms with Crippen LogP contribution in [0.2, 0.25) is 0 Å². The molecule has 0 radical (unpaired) electrons. The van der Waals surface area contributed by atoms with E-state index in [1.807, 2.05) is 56.3 Å². The molecule has 2 heterocycles. The van der Waals surface area contributed by atoms with Gasteiger partial charge in [0, 0.05) is 17.3 Å². The summed E-state index contributed by atoms with van der Waals surface area (Å²) in [6, 6.07) is 12.9. The number of amides is 1. The van der Waals surface area contributed by atoms with Gasteiger partial charge >= 0.3 is 11.3 Å². The lowest BCUT2D eigenvalue weighted by atomic mass is 10.0. The number of para-hydroxylation sites is 2. The lowest BCUT2D eigenvalue weighted by molar-refractivity contribution is -0.763. The second-order valence-corrected chi connectivity index (χ2v) is 8.48. The van der Waals surface area contributed by atoms with Crippen LogP contribution in [0.1, 0.15) is 32.0 Å². The average molecular weight is 480 g/mol.